The molecule has 0 bridgehead atoms. The lowest BCUT2D eigenvalue weighted by atomic mass is 10.0. The van der Waals surface area contributed by atoms with Gasteiger partial charge in [0.15, 0.2) is 0 Å². The number of halogens is 2. The number of likely N-dealkylation sites (tertiary alicyclic amines) is 1. The van der Waals surface area contributed by atoms with Crippen LogP contribution in [0.4, 0.5) is 0 Å². The van der Waals surface area contributed by atoms with Gasteiger partial charge in [-0.1, -0.05) is 23.2 Å². The Morgan fingerprint density at radius 2 is 1.78 bits per heavy atom. The third kappa shape index (κ3) is 4.37. The molecule has 1 aromatic carbocycles. The number of nitrogens with zero attached hydrogens (tertiary/aromatic N) is 5. The van der Waals surface area contributed by atoms with Crippen LogP contribution in [-0.4, -0.2) is 58.6 Å². The molecule has 4 aromatic rings. The van der Waals surface area contributed by atoms with E-state index in [0.29, 0.717) is 35.2 Å². The molecule has 10 heteroatoms. The number of aromatic nitrogens is 4. The lowest BCUT2D eigenvalue weighted by molar-refractivity contribution is 0.381. The Balaban J connectivity index is 1.66. The Kier molecular flexibility index (Phi) is 6.91. The van der Waals surface area contributed by atoms with Gasteiger partial charge in [0, 0.05) is 48.1 Å². The van der Waals surface area contributed by atoms with Gasteiger partial charge in [-0.15, -0.1) is 0 Å². The summed E-state index contributed by atoms with van der Waals surface area (Å²) in [7, 11) is 5.13. The topological polar surface area (TPSA) is 74.4 Å². The highest BCUT2D eigenvalue weighted by Gasteiger charge is 2.25. The van der Waals surface area contributed by atoms with Gasteiger partial charge in [0.05, 0.1) is 52.8 Å². The van der Waals surface area contributed by atoms with Crippen LogP contribution in [0.25, 0.3) is 33.3 Å². The van der Waals surface area contributed by atoms with Crippen molar-refractivity contribution in [1.29, 1.82) is 0 Å². The van der Waals surface area contributed by atoms with E-state index in [1.807, 2.05) is 19.9 Å². The molecule has 0 saturated carbocycles. The molecular formula is C27H29Cl2N5O3. The molecule has 0 aliphatic carbocycles. The SMILES string of the molecule is CCn1c(=O)c(-c2c(Cl)c(OC)cc(OC)c2Cl)cc2cnc(-c3cn(C4CCN(C)C4)nc3C)cc21. The minimum absolute atomic E-state index is 0.215. The van der Waals surface area contributed by atoms with Crippen LogP contribution in [0.15, 0.2) is 35.4 Å². The van der Waals surface area contributed by atoms with E-state index in [1.165, 1.54) is 14.2 Å². The Labute approximate surface area is 225 Å². The van der Waals surface area contributed by atoms with Gasteiger partial charge in [-0.05, 0) is 46.0 Å². The highest BCUT2D eigenvalue weighted by Crippen LogP contribution is 2.45. The number of hydrogen-bond acceptors (Lipinski definition) is 6. The van der Waals surface area contributed by atoms with E-state index in [-0.39, 0.29) is 15.6 Å². The van der Waals surface area contributed by atoms with Crippen LogP contribution in [0.3, 0.4) is 0 Å². The number of benzene rings is 1. The van der Waals surface area contributed by atoms with Crippen LogP contribution < -0.4 is 15.0 Å². The Hall–Kier alpha value is -3.07. The second kappa shape index (κ2) is 10.0. The molecular weight excluding hydrogens is 513 g/mol. The average molecular weight is 542 g/mol. The van der Waals surface area contributed by atoms with E-state index in [9.17, 15) is 4.79 Å². The van der Waals surface area contributed by atoms with Crippen molar-refractivity contribution in [3.8, 4) is 33.9 Å². The lowest BCUT2D eigenvalue weighted by Gasteiger charge is -2.17. The quantitative estimate of drug-likeness (QED) is 0.323. The summed E-state index contributed by atoms with van der Waals surface area (Å²) in [5, 5.41) is 6.06. The summed E-state index contributed by atoms with van der Waals surface area (Å²) in [6.07, 6.45) is 4.91. The third-order valence-corrected chi connectivity index (χ3v) is 7.82. The van der Waals surface area contributed by atoms with Gasteiger partial charge >= 0.3 is 0 Å². The molecule has 1 atom stereocenters. The van der Waals surface area contributed by atoms with Crippen LogP contribution in [0, 0.1) is 6.92 Å². The van der Waals surface area contributed by atoms with E-state index in [0.717, 1.165) is 47.4 Å². The predicted molar refractivity (Wildman–Crippen MR) is 147 cm³/mol. The standard InChI is InChI=1S/C27H29Cl2N5O3/c1-6-33-21-10-20(19-14-34(31-15(19)2)17-7-8-32(3)13-17)30-12-16(21)9-18(27(33)35)24-25(28)22(36-4)11-23(37-5)26(24)29/h9-12,14,17H,6-8,13H2,1-5H3. The molecule has 1 fully saturated rings. The Morgan fingerprint density at radius 1 is 1.08 bits per heavy atom. The number of likely N-dealkylation sites (N-methyl/N-ethyl adjacent to an activating group) is 1. The number of pyridine rings is 2. The van der Waals surface area contributed by atoms with E-state index in [1.54, 1.807) is 22.9 Å². The van der Waals surface area contributed by atoms with E-state index in [4.69, 9.17) is 42.8 Å². The van der Waals surface area contributed by atoms with Crippen LogP contribution >= 0.6 is 23.2 Å². The number of ether oxygens (including phenoxy) is 2. The first-order chi connectivity index (χ1) is 17.8. The van der Waals surface area contributed by atoms with Crippen molar-refractivity contribution in [1.82, 2.24) is 24.2 Å². The van der Waals surface area contributed by atoms with Crippen molar-refractivity contribution in [2.45, 2.75) is 32.9 Å². The zero-order chi connectivity index (χ0) is 26.4. The van der Waals surface area contributed by atoms with Gasteiger partial charge in [-0.25, -0.2) is 0 Å². The van der Waals surface area contributed by atoms with Crippen molar-refractivity contribution in [3.63, 3.8) is 0 Å². The summed E-state index contributed by atoms with van der Waals surface area (Å²) in [4.78, 5) is 20.8. The first kappa shape index (κ1) is 25.6. The van der Waals surface area contributed by atoms with Crippen molar-refractivity contribution in [2.24, 2.45) is 0 Å². The molecule has 0 N–H and O–H groups in total. The fraction of sp³-hybridized carbons (Fsp3) is 0.370. The van der Waals surface area contributed by atoms with Gasteiger partial charge in [0.25, 0.3) is 5.56 Å². The minimum Gasteiger partial charge on any atom is -0.495 e. The summed E-state index contributed by atoms with van der Waals surface area (Å²) in [6, 6.07) is 5.68. The fourth-order valence-electron chi connectivity index (χ4n) is 5.08. The molecule has 0 spiro atoms. The Bertz CT molecular complexity index is 1530. The number of methoxy groups -OCH3 is 2. The van der Waals surface area contributed by atoms with Crippen molar-refractivity contribution < 1.29 is 9.47 Å². The largest absolute Gasteiger partial charge is 0.495 e. The number of fused-ring (bicyclic) bond motifs is 1. The van der Waals surface area contributed by atoms with Gasteiger partial charge in [-0.3, -0.25) is 14.5 Å². The maximum atomic E-state index is 13.8. The highest BCUT2D eigenvalue weighted by atomic mass is 35.5. The van der Waals surface area contributed by atoms with E-state index < -0.39 is 0 Å². The predicted octanol–water partition coefficient (Wildman–Crippen LogP) is 5.46. The smallest absolute Gasteiger partial charge is 0.259 e. The molecule has 3 aromatic heterocycles. The summed E-state index contributed by atoms with van der Waals surface area (Å²) in [5.41, 5.74) is 3.92. The zero-order valence-corrected chi connectivity index (χ0v) is 23.0. The molecule has 5 rings (SSSR count). The Morgan fingerprint density at radius 3 is 2.38 bits per heavy atom. The van der Waals surface area contributed by atoms with E-state index in [2.05, 4.69) is 22.8 Å². The van der Waals surface area contributed by atoms with Gasteiger partial charge in [0.2, 0.25) is 0 Å². The molecule has 0 radical (unpaired) electrons. The minimum atomic E-state index is -0.215. The van der Waals surface area contributed by atoms with Crippen molar-refractivity contribution in [2.75, 3.05) is 34.4 Å². The molecule has 4 heterocycles. The van der Waals surface area contributed by atoms with Crippen LogP contribution in [0.5, 0.6) is 11.5 Å². The number of aryl methyl sites for hydroxylation is 2. The summed E-state index contributed by atoms with van der Waals surface area (Å²) >= 11 is 13.3. The molecule has 8 nitrogen and oxygen atoms in total. The molecule has 37 heavy (non-hydrogen) atoms. The van der Waals surface area contributed by atoms with Crippen LogP contribution in [-0.2, 0) is 6.54 Å². The maximum absolute atomic E-state index is 13.8. The second-order valence-electron chi connectivity index (χ2n) is 9.33. The summed E-state index contributed by atoms with van der Waals surface area (Å²) in [5.74, 6) is 0.741. The summed E-state index contributed by atoms with van der Waals surface area (Å²) < 4.78 is 14.6. The normalized spacial score (nSPS) is 16.0. The van der Waals surface area contributed by atoms with E-state index >= 15 is 0 Å². The summed E-state index contributed by atoms with van der Waals surface area (Å²) in [6.45, 7) is 6.41. The first-order valence-corrected chi connectivity index (χ1v) is 12.9. The average Bonchev–Trinajstić information content (AvgIpc) is 3.49. The molecule has 194 valence electrons. The molecule has 0 amide bonds. The van der Waals surface area contributed by atoms with Gasteiger partial charge in [0.1, 0.15) is 11.5 Å². The fourth-order valence-corrected chi connectivity index (χ4v) is 5.79. The zero-order valence-electron chi connectivity index (χ0n) is 21.5. The van der Waals surface area contributed by atoms with Gasteiger partial charge < -0.3 is 18.9 Å². The van der Waals surface area contributed by atoms with Crippen molar-refractivity contribution >= 4 is 34.1 Å². The molecule has 1 saturated heterocycles. The molecule has 1 aliphatic rings. The number of rotatable bonds is 6. The molecule has 1 unspecified atom stereocenters. The lowest BCUT2D eigenvalue weighted by Crippen LogP contribution is -2.21. The van der Waals surface area contributed by atoms with Crippen LogP contribution in [0.1, 0.15) is 25.1 Å². The first-order valence-electron chi connectivity index (χ1n) is 12.2. The number of hydrogen-bond donors (Lipinski definition) is 0. The van der Waals surface area contributed by atoms with Crippen molar-refractivity contribution in [3.05, 3.63) is 56.7 Å². The highest BCUT2D eigenvalue weighted by molar-refractivity contribution is 6.41. The monoisotopic (exact) mass is 541 g/mol. The van der Waals surface area contributed by atoms with Crippen LogP contribution in [0.2, 0.25) is 10.0 Å². The second-order valence-corrected chi connectivity index (χ2v) is 10.1. The molecule has 1 aliphatic heterocycles. The third-order valence-electron chi connectivity index (χ3n) is 7.07. The van der Waals surface area contributed by atoms with Gasteiger partial charge in [-0.2, -0.15) is 5.10 Å². The maximum Gasteiger partial charge on any atom is 0.259 e.